The molecule has 3 heteroatoms. The zero-order chi connectivity index (χ0) is 4.99. The van der Waals surface area contributed by atoms with E-state index in [9.17, 15) is 0 Å². The Morgan fingerprint density at radius 3 is 2.50 bits per heavy atom. The molecule has 6 heavy (non-hydrogen) atoms. The van der Waals surface area contributed by atoms with Gasteiger partial charge >= 0.3 is 0 Å². The van der Waals surface area contributed by atoms with Gasteiger partial charge in [0, 0.05) is 0 Å². The van der Waals surface area contributed by atoms with Crippen LogP contribution in [-0.2, 0) is 4.43 Å². The van der Waals surface area contributed by atoms with Crippen LogP contribution in [0.5, 0.6) is 0 Å². The first-order valence-electron chi connectivity index (χ1n) is 2.02. The highest BCUT2D eigenvalue weighted by atomic mass is 32.1. The van der Waals surface area contributed by atoms with Crippen LogP contribution in [0.3, 0.4) is 0 Å². The van der Waals surface area contributed by atoms with E-state index in [4.69, 9.17) is 4.43 Å². The van der Waals surface area contributed by atoms with Crippen LogP contribution in [-0.4, -0.2) is 15.9 Å². The van der Waals surface area contributed by atoms with Crippen molar-refractivity contribution in [2.75, 3.05) is 0 Å². The van der Waals surface area contributed by atoms with Crippen LogP contribution in [0.15, 0.2) is 0 Å². The fourth-order valence-electron chi connectivity index (χ4n) is 0.167. The number of rotatable bonds is 2. The van der Waals surface area contributed by atoms with Gasteiger partial charge in [0.15, 0.2) is 0 Å². The third kappa shape index (κ3) is 2.75. The van der Waals surface area contributed by atoms with E-state index in [0.717, 1.165) is 16.9 Å². The van der Waals surface area contributed by atoms with Gasteiger partial charge in [-0.05, 0) is 6.42 Å². The second-order valence-electron chi connectivity index (χ2n) is 1.10. The highest BCUT2D eigenvalue weighted by Gasteiger charge is 1.88. The minimum Gasteiger partial charge on any atom is -0.417 e. The van der Waals surface area contributed by atoms with Crippen molar-refractivity contribution in [2.45, 2.75) is 18.8 Å². The third-order valence-electron chi connectivity index (χ3n) is 0.621. The first-order valence-corrected chi connectivity index (χ1v) is 3.35. The molecule has 0 amide bonds. The van der Waals surface area contributed by atoms with Crippen molar-refractivity contribution in [1.82, 2.24) is 0 Å². The van der Waals surface area contributed by atoms with Crippen LogP contribution >= 0.6 is 12.6 Å². The highest BCUT2D eigenvalue weighted by Crippen LogP contribution is 1.97. The molecule has 0 saturated carbocycles. The summed E-state index contributed by atoms with van der Waals surface area (Å²) in [5, 5.41) is 0. The summed E-state index contributed by atoms with van der Waals surface area (Å²) in [4.78, 5) is 0. The second-order valence-corrected chi connectivity index (χ2v) is 2.15. The molecule has 0 saturated heterocycles. The molecule has 1 nitrogen and oxygen atoms in total. The molecule has 0 aliphatic carbocycles. The summed E-state index contributed by atoms with van der Waals surface area (Å²) in [6, 6.07) is 0. The van der Waals surface area contributed by atoms with Gasteiger partial charge in [-0.25, -0.2) is 0 Å². The fraction of sp³-hybridized carbons (Fsp3) is 1.00. The lowest BCUT2D eigenvalue weighted by Gasteiger charge is -2.01. The Hall–Kier alpha value is 0.527. The molecule has 38 valence electrons. The topological polar surface area (TPSA) is 9.23 Å². The Morgan fingerprint density at radius 1 is 2.00 bits per heavy atom. The van der Waals surface area contributed by atoms with Gasteiger partial charge in [-0.2, -0.15) is 0 Å². The normalized spacial score (nSPS) is 15.0. The maximum atomic E-state index is 4.90. The molecule has 0 aromatic heterocycles. The minimum atomic E-state index is 0.191. The van der Waals surface area contributed by atoms with Gasteiger partial charge in [0.25, 0.3) is 0 Å². The Morgan fingerprint density at radius 2 is 2.50 bits per heavy atom. The van der Waals surface area contributed by atoms with E-state index in [1.54, 1.807) is 0 Å². The van der Waals surface area contributed by atoms with Crippen LogP contribution in [0.4, 0.5) is 0 Å². The summed E-state index contributed by atoms with van der Waals surface area (Å²) >= 11 is 4.04. The molecular weight excluding hydrogens is 112 g/mol. The first-order chi connectivity index (χ1) is 2.81. The molecule has 0 N–H and O–H groups in total. The van der Waals surface area contributed by atoms with E-state index in [0.29, 0.717) is 0 Å². The molecule has 0 heterocycles. The van der Waals surface area contributed by atoms with E-state index < -0.39 is 0 Å². The molecule has 0 radical (unpaired) electrons. The summed E-state index contributed by atoms with van der Waals surface area (Å²) in [5.41, 5.74) is 0.191. The molecule has 0 aliphatic heterocycles. The largest absolute Gasteiger partial charge is 0.417 e. The van der Waals surface area contributed by atoms with Crippen LogP contribution in [0.25, 0.3) is 0 Å². The Kier molecular flexibility index (Phi) is 4.03. The summed E-state index contributed by atoms with van der Waals surface area (Å²) in [6.45, 7) is 2.05. The van der Waals surface area contributed by atoms with Crippen molar-refractivity contribution in [3.63, 3.8) is 0 Å². The Bertz CT molecular complexity index is 30.0. The second kappa shape index (κ2) is 3.71. The van der Waals surface area contributed by atoms with Crippen molar-refractivity contribution in [2.24, 2.45) is 0 Å². The van der Waals surface area contributed by atoms with E-state index in [-0.39, 0.29) is 5.44 Å². The fourth-order valence-corrected chi connectivity index (χ4v) is 0.500. The van der Waals surface area contributed by atoms with Crippen LogP contribution < -0.4 is 0 Å². The summed E-state index contributed by atoms with van der Waals surface area (Å²) < 4.78 is 4.90. The standard InChI is InChI=1S/C3H10OSSi/c1-2-3(5)4-6/h3,5H,2H2,1,6H3. The predicted molar refractivity (Wildman–Crippen MR) is 34.1 cm³/mol. The van der Waals surface area contributed by atoms with Gasteiger partial charge < -0.3 is 4.43 Å². The average Bonchev–Trinajstić information content (AvgIpc) is 1.65. The van der Waals surface area contributed by atoms with Crippen LogP contribution in [0, 0.1) is 0 Å². The van der Waals surface area contributed by atoms with E-state index in [2.05, 4.69) is 19.6 Å². The van der Waals surface area contributed by atoms with E-state index in [1.165, 1.54) is 0 Å². The molecular formula is C3H10OSSi. The van der Waals surface area contributed by atoms with Crippen molar-refractivity contribution in [3.8, 4) is 0 Å². The summed E-state index contributed by atoms with van der Waals surface area (Å²) in [6.07, 6.45) is 1.01. The number of thiol groups is 1. The SMILES string of the molecule is CCC(S)O[SiH3]. The Labute approximate surface area is 47.0 Å². The maximum absolute atomic E-state index is 4.90. The highest BCUT2D eigenvalue weighted by molar-refractivity contribution is 7.80. The first kappa shape index (κ1) is 6.53. The number of hydrogen-bond acceptors (Lipinski definition) is 2. The maximum Gasteiger partial charge on any atom is 0.147 e. The van der Waals surface area contributed by atoms with Gasteiger partial charge in [-0.1, -0.05) is 6.92 Å². The smallest absolute Gasteiger partial charge is 0.147 e. The van der Waals surface area contributed by atoms with Crippen molar-refractivity contribution >= 4 is 23.1 Å². The van der Waals surface area contributed by atoms with Crippen molar-refractivity contribution in [3.05, 3.63) is 0 Å². The number of hydrogen-bond donors (Lipinski definition) is 1. The Balaban J connectivity index is 2.75. The summed E-state index contributed by atoms with van der Waals surface area (Å²) in [5.74, 6) is 0. The minimum absolute atomic E-state index is 0.191. The molecule has 0 aromatic carbocycles. The lowest BCUT2D eigenvalue weighted by molar-refractivity contribution is 0.314. The van der Waals surface area contributed by atoms with Gasteiger partial charge in [-0.3, -0.25) is 0 Å². The lowest BCUT2D eigenvalue weighted by Crippen LogP contribution is -1.97. The van der Waals surface area contributed by atoms with Gasteiger partial charge in [-0.15, -0.1) is 12.6 Å². The van der Waals surface area contributed by atoms with Gasteiger partial charge in [0.05, 0.1) is 5.44 Å². The third-order valence-corrected chi connectivity index (χ3v) is 2.16. The molecule has 1 atom stereocenters. The zero-order valence-corrected chi connectivity index (χ0v) is 7.03. The zero-order valence-electron chi connectivity index (χ0n) is 4.14. The molecule has 0 bridgehead atoms. The molecule has 0 spiro atoms. The van der Waals surface area contributed by atoms with Gasteiger partial charge in [0.2, 0.25) is 0 Å². The molecule has 0 aliphatic rings. The van der Waals surface area contributed by atoms with Crippen LogP contribution in [0.1, 0.15) is 13.3 Å². The monoisotopic (exact) mass is 122 g/mol. The molecule has 0 rings (SSSR count). The molecule has 1 unspecified atom stereocenters. The molecule has 0 aromatic rings. The molecule has 0 fully saturated rings. The van der Waals surface area contributed by atoms with Crippen LogP contribution in [0.2, 0.25) is 0 Å². The van der Waals surface area contributed by atoms with Crippen molar-refractivity contribution in [1.29, 1.82) is 0 Å². The van der Waals surface area contributed by atoms with Crippen molar-refractivity contribution < 1.29 is 4.43 Å². The predicted octanol–water partition coefficient (Wildman–Crippen LogP) is -0.0507. The summed E-state index contributed by atoms with van der Waals surface area (Å²) in [7, 11) is 0.806. The van der Waals surface area contributed by atoms with E-state index >= 15 is 0 Å². The lowest BCUT2D eigenvalue weighted by atomic mass is 10.5. The van der Waals surface area contributed by atoms with Gasteiger partial charge in [0.1, 0.15) is 10.5 Å². The average molecular weight is 122 g/mol. The quantitative estimate of drug-likeness (QED) is 0.307. The van der Waals surface area contributed by atoms with E-state index in [1.807, 2.05) is 0 Å².